The van der Waals surface area contributed by atoms with Crippen LogP contribution in [-0.4, -0.2) is 11.1 Å². The molecule has 0 aliphatic rings. The lowest BCUT2D eigenvalue weighted by Gasteiger charge is -2.26. The van der Waals surface area contributed by atoms with Crippen LogP contribution in [0.5, 0.6) is 0 Å². The first kappa shape index (κ1) is 19.5. The predicted molar refractivity (Wildman–Crippen MR) is 87.0 cm³/mol. The monoisotopic (exact) mass is 284 g/mol. The van der Waals surface area contributed by atoms with Crippen LogP contribution in [0.2, 0.25) is 0 Å². The molecular weight excluding hydrogens is 248 g/mol. The van der Waals surface area contributed by atoms with E-state index in [4.69, 9.17) is 5.11 Å². The topological polar surface area (TPSA) is 37.3 Å². The van der Waals surface area contributed by atoms with E-state index in [-0.39, 0.29) is 0 Å². The molecule has 0 aliphatic heterocycles. The van der Waals surface area contributed by atoms with Gasteiger partial charge in [-0.05, 0) is 18.3 Å². The van der Waals surface area contributed by atoms with Crippen molar-refractivity contribution >= 4 is 5.97 Å². The molecule has 0 aromatic carbocycles. The molecule has 2 heteroatoms. The SMILES string of the molecule is CCCCCCCC(CC(=O)O)C(CCC)CCCC. The van der Waals surface area contributed by atoms with E-state index in [1.54, 1.807) is 0 Å². The Labute approximate surface area is 126 Å². The normalized spacial score (nSPS) is 14.2. The fourth-order valence-electron chi connectivity index (χ4n) is 3.19. The Morgan fingerprint density at radius 1 is 0.750 bits per heavy atom. The largest absolute Gasteiger partial charge is 0.481 e. The lowest BCUT2D eigenvalue weighted by atomic mass is 9.79. The third-order valence-electron chi connectivity index (χ3n) is 4.37. The first-order valence-corrected chi connectivity index (χ1v) is 8.87. The Bertz CT molecular complexity index is 225. The molecule has 0 saturated heterocycles. The molecule has 0 saturated carbocycles. The molecule has 0 radical (unpaired) electrons. The molecule has 0 rings (SSSR count). The van der Waals surface area contributed by atoms with E-state index in [0.717, 1.165) is 6.42 Å². The highest BCUT2D eigenvalue weighted by Crippen LogP contribution is 2.30. The van der Waals surface area contributed by atoms with Gasteiger partial charge in [-0.1, -0.05) is 85.0 Å². The highest BCUT2D eigenvalue weighted by atomic mass is 16.4. The van der Waals surface area contributed by atoms with Crippen LogP contribution in [-0.2, 0) is 4.79 Å². The van der Waals surface area contributed by atoms with Crippen molar-refractivity contribution in [3.05, 3.63) is 0 Å². The molecule has 120 valence electrons. The molecule has 0 aromatic rings. The second-order valence-corrected chi connectivity index (χ2v) is 6.25. The van der Waals surface area contributed by atoms with Crippen LogP contribution >= 0.6 is 0 Å². The fraction of sp³-hybridized carbons (Fsp3) is 0.944. The maximum absolute atomic E-state index is 11.1. The van der Waals surface area contributed by atoms with Crippen LogP contribution in [0.25, 0.3) is 0 Å². The quantitative estimate of drug-likeness (QED) is 0.394. The summed E-state index contributed by atoms with van der Waals surface area (Å²) in [6.07, 6.45) is 13.9. The van der Waals surface area contributed by atoms with Gasteiger partial charge in [0.2, 0.25) is 0 Å². The second-order valence-electron chi connectivity index (χ2n) is 6.25. The fourth-order valence-corrected chi connectivity index (χ4v) is 3.19. The van der Waals surface area contributed by atoms with Crippen molar-refractivity contribution in [3.63, 3.8) is 0 Å². The first-order valence-electron chi connectivity index (χ1n) is 8.87. The number of hydrogen-bond acceptors (Lipinski definition) is 1. The Morgan fingerprint density at radius 2 is 1.35 bits per heavy atom. The third-order valence-corrected chi connectivity index (χ3v) is 4.37. The van der Waals surface area contributed by atoms with Gasteiger partial charge in [-0.3, -0.25) is 4.79 Å². The van der Waals surface area contributed by atoms with Crippen molar-refractivity contribution < 1.29 is 9.90 Å². The lowest BCUT2D eigenvalue weighted by molar-refractivity contribution is -0.138. The molecule has 2 atom stereocenters. The summed E-state index contributed by atoms with van der Waals surface area (Å²) in [4.78, 5) is 11.1. The van der Waals surface area contributed by atoms with Gasteiger partial charge in [-0.2, -0.15) is 0 Å². The van der Waals surface area contributed by atoms with Gasteiger partial charge in [-0.25, -0.2) is 0 Å². The van der Waals surface area contributed by atoms with E-state index in [0.29, 0.717) is 18.3 Å². The zero-order valence-electron chi connectivity index (χ0n) is 14.0. The van der Waals surface area contributed by atoms with E-state index in [1.807, 2.05) is 0 Å². The van der Waals surface area contributed by atoms with Crippen LogP contribution in [0.4, 0.5) is 0 Å². The molecule has 2 unspecified atom stereocenters. The summed E-state index contributed by atoms with van der Waals surface area (Å²) in [6.45, 7) is 6.67. The number of carboxylic acids is 1. The minimum atomic E-state index is -0.610. The van der Waals surface area contributed by atoms with Gasteiger partial charge >= 0.3 is 5.97 Å². The number of carboxylic acid groups (broad SMARTS) is 1. The van der Waals surface area contributed by atoms with Crippen LogP contribution < -0.4 is 0 Å². The smallest absolute Gasteiger partial charge is 0.303 e. The first-order chi connectivity index (χ1) is 9.65. The maximum atomic E-state index is 11.1. The number of aliphatic carboxylic acids is 1. The molecule has 2 nitrogen and oxygen atoms in total. The van der Waals surface area contributed by atoms with E-state index < -0.39 is 5.97 Å². The summed E-state index contributed by atoms with van der Waals surface area (Å²) < 4.78 is 0. The van der Waals surface area contributed by atoms with Crippen molar-refractivity contribution in [2.45, 2.75) is 97.8 Å². The number of unbranched alkanes of at least 4 members (excludes halogenated alkanes) is 5. The van der Waals surface area contributed by atoms with Gasteiger partial charge in [0.25, 0.3) is 0 Å². The minimum Gasteiger partial charge on any atom is -0.481 e. The van der Waals surface area contributed by atoms with E-state index >= 15 is 0 Å². The van der Waals surface area contributed by atoms with Crippen molar-refractivity contribution in [3.8, 4) is 0 Å². The standard InChI is InChI=1S/C18H36O2/c1-4-7-9-10-11-14-17(15-18(19)20)16(12-6-3)13-8-5-2/h16-17H,4-15H2,1-3H3,(H,19,20). The molecule has 0 bridgehead atoms. The Hall–Kier alpha value is -0.530. The van der Waals surface area contributed by atoms with Crippen molar-refractivity contribution in [2.75, 3.05) is 0 Å². The number of rotatable bonds is 14. The zero-order chi connectivity index (χ0) is 15.2. The van der Waals surface area contributed by atoms with Crippen molar-refractivity contribution in [2.24, 2.45) is 11.8 Å². The van der Waals surface area contributed by atoms with E-state index in [1.165, 1.54) is 64.2 Å². The molecule has 0 spiro atoms. The van der Waals surface area contributed by atoms with Gasteiger partial charge in [0, 0.05) is 6.42 Å². The average molecular weight is 284 g/mol. The minimum absolute atomic E-state index is 0.377. The average Bonchev–Trinajstić information content (AvgIpc) is 2.41. The molecule has 20 heavy (non-hydrogen) atoms. The Kier molecular flexibility index (Phi) is 13.1. The van der Waals surface area contributed by atoms with Crippen molar-refractivity contribution in [1.29, 1.82) is 0 Å². The molecular formula is C18H36O2. The van der Waals surface area contributed by atoms with Crippen LogP contribution in [0.15, 0.2) is 0 Å². The summed E-state index contributed by atoms with van der Waals surface area (Å²) in [5.41, 5.74) is 0. The van der Waals surface area contributed by atoms with Gasteiger partial charge in [0.15, 0.2) is 0 Å². The molecule has 0 amide bonds. The summed E-state index contributed by atoms with van der Waals surface area (Å²) in [5.74, 6) is 0.420. The highest BCUT2D eigenvalue weighted by molar-refractivity contribution is 5.67. The predicted octanol–water partition coefficient (Wildman–Crippen LogP) is 6.04. The third kappa shape index (κ3) is 10.3. The summed E-state index contributed by atoms with van der Waals surface area (Å²) >= 11 is 0. The number of hydrogen-bond donors (Lipinski definition) is 1. The van der Waals surface area contributed by atoms with Gasteiger partial charge < -0.3 is 5.11 Å². The van der Waals surface area contributed by atoms with Crippen molar-refractivity contribution in [1.82, 2.24) is 0 Å². The van der Waals surface area contributed by atoms with E-state index in [2.05, 4.69) is 20.8 Å². The summed E-state index contributed by atoms with van der Waals surface area (Å²) in [7, 11) is 0. The Balaban J connectivity index is 4.27. The highest BCUT2D eigenvalue weighted by Gasteiger charge is 2.22. The summed E-state index contributed by atoms with van der Waals surface area (Å²) in [5, 5.41) is 9.17. The molecule has 0 heterocycles. The van der Waals surface area contributed by atoms with Crippen LogP contribution in [0.1, 0.15) is 97.8 Å². The number of carbonyl (C=O) groups is 1. The molecule has 0 fully saturated rings. The van der Waals surface area contributed by atoms with E-state index in [9.17, 15) is 4.79 Å². The lowest BCUT2D eigenvalue weighted by Crippen LogP contribution is -2.19. The van der Waals surface area contributed by atoms with Crippen LogP contribution in [0, 0.1) is 11.8 Å². The van der Waals surface area contributed by atoms with Gasteiger partial charge in [0.1, 0.15) is 0 Å². The van der Waals surface area contributed by atoms with Gasteiger partial charge in [0.05, 0.1) is 0 Å². The molecule has 0 aliphatic carbocycles. The second kappa shape index (κ2) is 13.5. The molecule has 1 N–H and O–H groups in total. The molecule has 0 aromatic heterocycles. The Morgan fingerprint density at radius 3 is 1.90 bits per heavy atom. The maximum Gasteiger partial charge on any atom is 0.303 e. The zero-order valence-corrected chi connectivity index (χ0v) is 14.0. The summed E-state index contributed by atoms with van der Waals surface area (Å²) in [6, 6.07) is 0. The van der Waals surface area contributed by atoms with Crippen LogP contribution in [0.3, 0.4) is 0 Å². The van der Waals surface area contributed by atoms with Gasteiger partial charge in [-0.15, -0.1) is 0 Å².